The van der Waals surface area contributed by atoms with Crippen LogP contribution in [0, 0.1) is 0 Å². The Balaban J connectivity index is 2.17. The Kier molecular flexibility index (Phi) is 7.49. The molecule has 0 aliphatic rings. The van der Waals surface area contributed by atoms with E-state index in [1.54, 1.807) is 18.2 Å². The normalized spacial score (nSPS) is 12.1. The molecule has 0 spiro atoms. The lowest BCUT2D eigenvalue weighted by Gasteiger charge is -2.13. The van der Waals surface area contributed by atoms with Crippen LogP contribution in [0.1, 0.15) is 11.1 Å². The third-order valence-electron chi connectivity index (χ3n) is 4.04. The van der Waals surface area contributed by atoms with Crippen LogP contribution >= 0.6 is 11.8 Å². The van der Waals surface area contributed by atoms with Crippen molar-refractivity contribution in [1.82, 2.24) is 5.32 Å². The maximum Gasteiger partial charge on any atom is 0.329 e. The summed E-state index contributed by atoms with van der Waals surface area (Å²) in [6.07, 6.45) is 7.25. The Bertz CT molecular complexity index is 876. The van der Waals surface area contributed by atoms with Gasteiger partial charge in [0.25, 0.3) is 0 Å². The number of methoxy groups -OCH3 is 1. The fourth-order valence-corrected chi connectivity index (χ4v) is 3.29. The molecule has 0 fully saturated rings. The molecule has 0 saturated heterocycles. The van der Waals surface area contributed by atoms with Crippen molar-refractivity contribution >= 4 is 40.5 Å². The number of nitrogens with one attached hydrogen (secondary N) is 1. The molecular weight excluding hydrogens is 362 g/mol. The summed E-state index contributed by atoms with van der Waals surface area (Å²) in [7, 11) is 1.30. The Morgan fingerprint density at radius 2 is 2.11 bits per heavy atom. The Hall–Kier alpha value is -2.73. The molecule has 2 N–H and O–H groups in total. The summed E-state index contributed by atoms with van der Waals surface area (Å²) >= 11 is 1.45. The van der Waals surface area contributed by atoms with E-state index in [0.29, 0.717) is 12.2 Å². The van der Waals surface area contributed by atoms with Crippen LogP contribution in [0.15, 0.2) is 49.1 Å². The van der Waals surface area contributed by atoms with E-state index >= 15 is 0 Å². The molecular formula is C21H23NO4S. The third kappa shape index (κ3) is 5.37. The molecule has 0 aliphatic carbocycles. The van der Waals surface area contributed by atoms with Gasteiger partial charge in [0.1, 0.15) is 11.8 Å². The van der Waals surface area contributed by atoms with Crippen molar-refractivity contribution in [2.45, 2.75) is 12.5 Å². The Morgan fingerprint density at radius 3 is 2.78 bits per heavy atom. The minimum Gasteiger partial charge on any atom is -0.508 e. The summed E-state index contributed by atoms with van der Waals surface area (Å²) < 4.78 is 4.70. The summed E-state index contributed by atoms with van der Waals surface area (Å²) in [4.78, 5) is 23.8. The zero-order valence-electron chi connectivity index (χ0n) is 15.4. The second kappa shape index (κ2) is 9.83. The zero-order chi connectivity index (χ0) is 19.8. The van der Waals surface area contributed by atoms with Crippen molar-refractivity contribution in [2.75, 3.05) is 19.1 Å². The highest BCUT2D eigenvalue weighted by molar-refractivity contribution is 7.98. The smallest absolute Gasteiger partial charge is 0.329 e. The van der Waals surface area contributed by atoms with Crippen molar-refractivity contribution < 1.29 is 19.4 Å². The SMILES string of the molecule is C=CCc1c(O)ccc2cc(/C=C/C(=O)N[C@H](CSC)C(=O)OC)ccc12. The van der Waals surface area contributed by atoms with E-state index in [4.69, 9.17) is 4.74 Å². The minimum absolute atomic E-state index is 0.243. The van der Waals surface area contributed by atoms with Crippen LogP contribution in [0.5, 0.6) is 5.75 Å². The summed E-state index contributed by atoms with van der Waals surface area (Å²) in [5.74, 6) is -0.144. The third-order valence-corrected chi connectivity index (χ3v) is 4.71. The molecule has 0 aliphatic heterocycles. The van der Waals surface area contributed by atoms with Gasteiger partial charge in [-0.2, -0.15) is 11.8 Å². The number of esters is 1. The highest BCUT2D eigenvalue weighted by Gasteiger charge is 2.19. The molecule has 0 unspecified atom stereocenters. The van der Waals surface area contributed by atoms with Gasteiger partial charge in [-0.05, 0) is 47.2 Å². The average Bonchev–Trinajstić information content (AvgIpc) is 2.67. The molecule has 1 amide bonds. The lowest BCUT2D eigenvalue weighted by atomic mass is 9.99. The number of phenolic OH excluding ortho intramolecular Hbond substituents is 1. The van der Waals surface area contributed by atoms with Gasteiger partial charge in [-0.15, -0.1) is 6.58 Å². The Labute approximate surface area is 163 Å². The number of hydrogen-bond donors (Lipinski definition) is 2. The molecule has 2 aromatic rings. The largest absolute Gasteiger partial charge is 0.508 e. The standard InChI is InChI=1S/C21H23NO4S/c1-4-5-17-16-9-6-14(12-15(16)8-10-19(17)23)7-11-20(24)22-18(13-27-3)21(25)26-2/h4,6-12,18,23H,1,5,13H2,2-3H3,(H,22,24)/b11-7+/t18-/m1/s1. The molecule has 27 heavy (non-hydrogen) atoms. The molecule has 0 radical (unpaired) electrons. The van der Waals surface area contributed by atoms with Crippen LogP contribution in [-0.2, 0) is 20.7 Å². The minimum atomic E-state index is -0.678. The van der Waals surface area contributed by atoms with E-state index in [9.17, 15) is 14.7 Å². The first-order valence-electron chi connectivity index (χ1n) is 8.41. The van der Waals surface area contributed by atoms with Crippen LogP contribution in [0.2, 0.25) is 0 Å². The lowest BCUT2D eigenvalue weighted by Crippen LogP contribution is -2.42. The van der Waals surface area contributed by atoms with Gasteiger partial charge in [0.15, 0.2) is 0 Å². The topological polar surface area (TPSA) is 75.6 Å². The fourth-order valence-electron chi connectivity index (χ4n) is 2.73. The molecule has 0 heterocycles. The predicted molar refractivity (Wildman–Crippen MR) is 111 cm³/mol. The molecule has 6 heteroatoms. The second-order valence-corrected chi connectivity index (χ2v) is 6.82. The zero-order valence-corrected chi connectivity index (χ0v) is 16.2. The summed E-state index contributed by atoms with van der Waals surface area (Å²) in [6.45, 7) is 3.72. The second-order valence-electron chi connectivity index (χ2n) is 5.91. The van der Waals surface area contributed by atoms with Gasteiger partial charge in [-0.3, -0.25) is 4.79 Å². The van der Waals surface area contributed by atoms with Crippen molar-refractivity contribution in [3.05, 3.63) is 60.2 Å². The van der Waals surface area contributed by atoms with Crippen LogP contribution in [-0.4, -0.2) is 42.1 Å². The van der Waals surface area contributed by atoms with E-state index in [-0.39, 0.29) is 11.7 Å². The van der Waals surface area contributed by atoms with Crippen molar-refractivity contribution in [3.63, 3.8) is 0 Å². The van der Waals surface area contributed by atoms with E-state index in [2.05, 4.69) is 11.9 Å². The first-order chi connectivity index (χ1) is 13.0. The number of aromatic hydroxyl groups is 1. The number of carbonyl (C=O) groups is 2. The average molecular weight is 385 g/mol. The number of benzene rings is 2. The molecule has 2 aromatic carbocycles. The Morgan fingerprint density at radius 1 is 1.33 bits per heavy atom. The number of amides is 1. The number of rotatable bonds is 8. The van der Waals surface area contributed by atoms with E-state index in [1.807, 2.05) is 30.5 Å². The van der Waals surface area contributed by atoms with Crippen LogP contribution in [0.3, 0.4) is 0 Å². The number of fused-ring (bicyclic) bond motifs is 1. The van der Waals surface area contributed by atoms with Gasteiger partial charge in [-0.1, -0.05) is 24.3 Å². The van der Waals surface area contributed by atoms with Gasteiger partial charge in [0, 0.05) is 17.4 Å². The molecule has 0 saturated carbocycles. The number of hydrogen-bond acceptors (Lipinski definition) is 5. The fraction of sp³-hybridized carbons (Fsp3) is 0.238. The molecule has 142 valence electrons. The van der Waals surface area contributed by atoms with E-state index in [1.165, 1.54) is 24.9 Å². The molecule has 0 aromatic heterocycles. The number of ether oxygens (including phenoxy) is 1. The highest BCUT2D eigenvalue weighted by Crippen LogP contribution is 2.28. The highest BCUT2D eigenvalue weighted by atomic mass is 32.2. The van der Waals surface area contributed by atoms with Crippen molar-refractivity contribution in [1.29, 1.82) is 0 Å². The van der Waals surface area contributed by atoms with Crippen LogP contribution in [0.4, 0.5) is 0 Å². The number of carbonyl (C=O) groups excluding carboxylic acids is 2. The van der Waals surface area contributed by atoms with E-state index in [0.717, 1.165) is 21.9 Å². The summed E-state index contributed by atoms with van der Waals surface area (Å²) in [6, 6.07) is 8.53. The first kappa shape index (κ1) is 20.6. The van der Waals surface area contributed by atoms with Gasteiger partial charge in [0.05, 0.1) is 7.11 Å². The maximum absolute atomic E-state index is 12.1. The first-order valence-corrected chi connectivity index (χ1v) is 9.80. The van der Waals surface area contributed by atoms with Gasteiger partial charge in [-0.25, -0.2) is 4.79 Å². The quantitative estimate of drug-likeness (QED) is 0.414. The lowest BCUT2D eigenvalue weighted by molar-refractivity contribution is -0.143. The van der Waals surface area contributed by atoms with Gasteiger partial charge >= 0.3 is 5.97 Å². The predicted octanol–water partition coefficient (Wildman–Crippen LogP) is 3.31. The number of phenols is 1. The van der Waals surface area contributed by atoms with Gasteiger partial charge < -0.3 is 15.2 Å². The maximum atomic E-state index is 12.1. The molecule has 5 nitrogen and oxygen atoms in total. The molecule has 2 rings (SSSR count). The monoisotopic (exact) mass is 385 g/mol. The van der Waals surface area contributed by atoms with Crippen LogP contribution < -0.4 is 5.32 Å². The molecule has 0 bridgehead atoms. The summed E-state index contributed by atoms with van der Waals surface area (Å²) in [5, 5.41) is 14.6. The van der Waals surface area contributed by atoms with Crippen LogP contribution in [0.25, 0.3) is 16.8 Å². The van der Waals surface area contributed by atoms with Crippen molar-refractivity contribution in [2.24, 2.45) is 0 Å². The number of allylic oxidation sites excluding steroid dienone is 1. The number of thioether (sulfide) groups is 1. The van der Waals surface area contributed by atoms with Gasteiger partial charge in [0.2, 0.25) is 5.91 Å². The molecule has 1 atom stereocenters. The summed E-state index contributed by atoms with van der Waals surface area (Å²) in [5.41, 5.74) is 1.67. The van der Waals surface area contributed by atoms with Crippen molar-refractivity contribution in [3.8, 4) is 5.75 Å². The van der Waals surface area contributed by atoms with E-state index < -0.39 is 12.0 Å².